The Labute approximate surface area is 186 Å². The molecule has 0 aliphatic heterocycles. The topological polar surface area (TPSA) is 30.7 Å². The Bertz CT molecular complexity index is 791. The monoisotopic (exact) mass is 463 g/mol. The van der Waals surface area contributed by atoms with Crippen molar-refractivity contribution < 1.29 is 51.0 Å². The Morgan fingerprint density at radius 1 is 1.00 bits per heavy atom. The van der Waals surface area contributed by atoms with Crippen LogP contribution < -0.4 is 24.8 Å². The molecule has 0 fully saturated rings. The van der Waals surface area contributed by atoms with Gasteiger partial charge in [-0.2, -0.15) is 17.7 Å². The summed E-state index contributed by atoms with van der Waals surface area (Å²) in [6, 6.07) is 21.1. The minimum absolute atomic E-state index is 0. The third-order valence-electron chi connectivity index (χ3n) is 3.87. The van der Waals surface area contributed by atoms with Gasteiger partial charge < -0.3 is 29.4 Å². The van der Waals surface area contributed by atoms with Crippen molar-refractivity contribution in [1.82, 2.24) is 14.8 Å². The van der Waals surface area contributed by atoms with E-state index in [-0.39, 0.29) is 51.0 Å². The molecule has 0 aliphatic rings. The molecule has 134 valence electrons. The largest absolute Gasteiger partial charge is 4.00 e. The third-order valence-corrected chi connectivity index (χ3v) is 3.87. The van der Waals surface area contributed by atoms with Crippen LogP contribution in [0.4, 0.5) is 0 Å². The van der Waals surface area contributed by atoms with Gasteiger partial charge in [0.05, 0.1) is 0 Å². The Kier molecular flexibility index (Phi) is 12.4. The molecule has 1 heterocycles. The molecule has 0 spiro atoms. The van der Waals surface area contributed by atoms with E-state index < -0.39 is 0 Å². The van der Waals surface area contributed by atoms with Crippen molar-refractivity contribution in [2.24, 2.45) is 0 Å². The summed E-state index contributed by atoms with van der Waals surface area (Å²) in [5.41, 5.74) is 2.59. The number of aromatic nitrogens is 3. The van der Waals surface area contributed by atoms with Gasteiger partial charge in [-0.15, -0.1) is 51.3 Å². The molecule has 1 aromatic heterocycles. The Hall–Kier alpha value is -1.22. The Morgan fingerprint density at radius 2 is 1.65 bits per heavy atom. The van der Waals surface area contributed by atoms with Crippen LogP contribution in [0, 0.1) is 0 Å². The maximum Gasteiger partial charge on any atom is 4.00 e. The second-order valence-corrected chi connectivity index (χ2v) is 5.61. The molecule has 0 amide bonds. The summed E-state index contributed by atoms with van der Waals surface area (Å²) in [4.78, 5) is 0. The molecule has 0 saturated carbocycles. The number of nitrogens with zero attached hydrogens (tertiary/aromatic N) is 3. The van der Waals surface area contributed by atoms with E-state index in [0.717, 1.165) is 5.69 Å². The molecule has 0 bridgehead atoms. The number of halogens is 2. The van der Waals surface area contributed by atoms with Gasteiger partial charge in [-0.3, -0.25) is 0 Å². The minimum Gasteiger partial charge on any atom is -1.00 e. The maximum absolute atomic E-state index is 3.78. The number of hydrogen-bond donors (Lipinski definition) is 0. The molecule has 0 saturated heterocycles. The summed E-state index contributed by atoms with van der Waals surface area (Å²) in [5, 5.41) is 10.1. The fourth-order valence-electron chi connectivity index (χ4n) is 2.58. The molecule has 0 radical (unpaired) electrons. The zero-order valence-electron chi connectivity index (χ0n) is 14.6. The maximum atomic E-state index is 3.78. The van der Waals surface area contributed by atoms with Crippen LogP contribution in [0.25, 0.3) is 16.5 Å². The molecular formula is C20H21Cl2N3Zr. The summed E-state index contributed by atoms with van der Waals surface area (Å²) in [6.45, 7) is 2.23. The van der Waals surface area contributed by atoms with Crippen LogP contribution in [0.3, 0.4) is 0 Å². The molecule has 4 aromatic rings. The number of rotatable bonds is 4. The first kappa shape index (κ1) is 24.8. The number of fused-ring (bicyclic) bond motifs is 1. The number of benzene rings is 1. The van der Waals surface area contributed by atoms with Gasteiger partial charge in [0.1, 0.15) is 12.7 Å². The second-order valence-electron chi connectivity index (χ2n) is 5.61. The summed E-state index contributed by atoms with van der Waals surface area (Å²) < 4.78 is 1.90. The third kappa shape index (κ3) is 6.83. The first-order valence-corrected chi connectivity index (χ1v) is 8.08. The Balaban J connectivity index is 0.000000466. The summed E-state index contributed by atoms with van der Waals surface area (Å²) in [6.07, 6.45) is 7.28. The second kappa shape index (κ2) is 13.0. The van der Waals surface area contributed by atoms with Gasteiger partial charge in [-0.05, 0) is 5.69 Å². The van der Waals surface area contributed by atoms with Crippen molar-refractivity contribution in [2.75, 3.05) is 0 Å². The fourth-order valence-corrected chi connectivity index (χ4v) is 2.58. The van der Waals surface area contributed by atoms with Gasteiger partial charge in [0.2, 0.25) is 0 Å². The quantitative estimate of drug-likeness (QED) is 0.358. The van der Waals surface area contributed by atoms with E-state index in [9.17, 15) is 0 Å². The van der Waals surface area contributed by atoms with E-state index in [1.54, 1.807) is 12.7 Å². The molecule has 26 heavy (non-hydrogen) atoms. The average molecular weight is 466 g/mol. The van der Waals surface area contributed by atoms with E-state index in [4.69, 9.17) is 0 Å². The molecule has 3 aromatic carbocycles. The zero-order valence-corrected chi connectivity index (χ0v) is 18.6. The van der Waals surface area contributed by atoms with Gasteiger partial charge in [-0.1, -0.05) is 32.3 Å². The van der Waals surface area contributed by atoms with Gasteiger partial charge in [0, 0.05) is 0 Å². The van der Waals surface area contributed by atoms with E-state index >= 15 is 0 Å². The molecule has 0 unspecified atom stereocenters. The predicted octanol–water partition coefficient (Wildman–Crippen LogP) is -1.11. The molecule has 3 nitrogen and oxygen atoms in total. The van der Waals surface area contributed by atoms with Gasteiger partial charge in [0.15, 0.2) is 0 Å². The van der Waals surface area contributed by atoms with Crippen molar-refractivity contribution in [2.45, 2.75) is 26.2 Å². The smallest absolute Gasteiger partial charge is 1.00 e. The van der Waals surface area contributed by atoms with Crippen molar-refractivity contribution in [1.29, 1.82) is 0 Å². The number of hydrogen-bond acceptors (Lipinski definition) is 2. The van der Waals surface area contributed by atoms with Crippen LogP contribution >= 0.6 is 0 Å². The fraction of sp³-hybridized carbons (Fsp3) is 0.200. The molecule has 4 rings (SSSR count). The van der Waals surface area contributed by atoms with Crippen molar-refractivity contribution in [3.8, 4) is 5.69 Å². The predicted molar refractivity (Wildman–Crippen MR) is 95.1 cm³/mol. The summed E-state index contributed by atoms with van der Waals surface area (Å²) in [7, 11) is 0. The summed E-state index contributed by atoms with van der Waals surface area (Å²) >= 11 is 0. The number of unbranched alkanes of at least 4 members (excludes halogenated alkanes) is 1. The van der Waals surface area contributed by atoms with Gasteiger partial charge in [-0.25, -0.2) is 12.1 Å². The Morgan fingerprint density at radius 3 is 2.27 bits per heavy atom. The number of aryl methyl sites for hydroxylation is 1. The van der Waals surface area contributed by atoms with E-state index in [1.165, 1.54) is 35.6 Å². The normalized spacial score (nSPS) is 9.27. The van der Waals surface area contributed by atoms with E-state index in [0.29, 0.717) is 0 Å². The van der Waals surface area contributed by atoms with Gasteiger partial charge in [0.25, 0.3) is 0 Å². The SMILES string of the molecule is CCCC[c-]1cccc1.[Cl-].[Cl-].[Zr+4].c1ccc2[cH-]c(-n3cnnc3)cc2c1. The van der Waals surface area contributed by atoms with Crippen molar-refractivity contribution >= 4 is 10.8 Å². The first-order valence-electron chi connectivity index (χ1n) is 8.08. The van der Waals surface area contributed by atoms with Crippen LogP contribution in [-0.4, -0.2) is 14.8 Å². The standard InChI is InChI=1S/C11H8N3.C9H13.2ClH.Zr/c1-2-4-10-6-11(5-9(10)3-1)14-7-12-13-8-14;1-2-3-6-9-7-4-5-8-9;;;/h1-8H;4-5,7-8H,2-3,6H2,1H3;2*1H;/q2*-1;;;+4/p-2. The van der Waals surface area contributed by atoms with Crippen molar-refractivity contribution in [3.05, 3.63) is 78.9 Å². The molecule has 0 atom stereocenters. The minimum atomic E-state index is 0. The van der Waals surface area contributed by atoms with Crippen LogP contribution in [0.15, 0.2) is 73.3 Å². The first-order chi connectivity index (χ1) is 11.4. The summed E-state index contributed by atoms with van der Waals surface area (Å²) in [5.74, 6) is 0. The van der Waals surface area contributed by atoms with E-state index in [2.05, 4.69) is 65.7 Å². The zero-order chi connectivity index (χ0) is 15.9. The van der Waals surface area contributed by atoms with Gasteiger partial charge >= 0.3 is 26.2 Å². The van der Waals surface area contributed by atoms with Crippen molar-refractivity contribution in [3.63, 3.8) is 0 Å². The molecule has 0 N–H and O–H groups in total. The average Bonchev–Trinajstić information content (AvgIpc) is 3.34. The van der Waals surface area contributed by atoms with Crippen LogP contribution in [0.5, 0.6) is 0 Å². The van der Waals surface area contributed by atoms with E-state index in [1.807, 2.05) is 16.7 Å². The molecule has 0 aliphatic carbocycles. The van der Waals surface area contributed by atoms with Crippen LogP contribution in [0.1, 0.15) is 25.3 Å². The van der Waals surface area contributed by atoms with Crippen LogP contribution in [-0.2, 0) is 32.6 Å². The molecular weight excluding hydrogens is 444 g/mol. The van der Waals surface area contributed by atoms with Crippen LogP contribution in [0.2, 0.25) is 0 Å². The molecule has 6 heteroatoms.